The van der Waals surface area contributed by atoms with E-state index in [4.69, 9.17) is 5.73 Å². The quantitative estimate of drug-likeness (QED) is 0.416. The molecule has 1 aromatic carbocycles. The minimum absolute atomic E-state index is 0.405. The Hall–Kier alpha value is -3.78. The highest BCUT2D eigenvalue weighted by molar-refractivity contribution is 5.83. The van der Waals surface area contributed by atoms with Crippen molar-refractivity contribution in [1.29, 1.82) is 0 Å². The molecule has 4 aromatic heterocycles. The molecule has 0 atom stereocenters. The maximum Gasteiger partial charge on any atom is 0.160 e. The molecule has 0 aliphatic carbocycles. The lowest BCUT2D eigenvalue weighted by molar-refractivity contribution is 0.400. The molecular formula is C25H28FN7. The Labute approximate surface area is 192 Å². The SMILES string of the molecule is CN(C)CCCc1c[nH]c2ccccc12.Cc1cnn2c(N)cc(-c3cncc(F)c3)nc12. The lowest BCUT2D eigenvalue weighted by Crippen LogP contribution is -2.13. The summed E-state index contributed by atoms with van der Waals surface area (Å²) < 4.78 is 14.7. The van der Waals surface area contributed by atoms with Crippen molar-refractivity contribution in [3.05, 3.63) is 78.1 Å². The van der Waals surface area contributed by atoms with Gasteiger partial charge in [0.2, 0.25) is 0 Å². The molecule has 0 amide bonds. The highest BCUT2D eigenvalue weighted by Gasteiger charge is 2.09. The molecule has 8 heteroatoms. The number of aromatic amines is 1. The van der Waals surface area contributed by atoms with Crippen molar-refractivity contribution in [1.82, 2.24) is 29.5 Å². The van der Waals surface area contributed by atoms with Crippen molar-refractivity contribution in [3.63, 3.8) is 0 Å². The molecule has 33 heavy (non-hydrogen) atoms. The first-order valence-electron chi connectivity index (χ1n) is 10.8. The molecule has 0 bridgehead atoms. The Bertz CT molecular complexity index is 1370. The number of benzene rings is 1. The summed E-state index contributed by atoms with van der Waals surface area (Å²) in [6.07, 6.45) is 8.90. The third-order valence-electron chi connectivity index (χ3n) is 5.40. The van der Waals surface area contributed by atoms with Gasteiger partial charge >= 0.3 is 0 Å². The topological polar surface area (TPSA) is 88.1 Å². The number of pyridine rings is 1. The normalized spacial score (nSPS) is 11.2. The fourth-order valence-electron chi connectivity index (χ4n) is 3.72. The van der Waals surface area contributed by atoms with Crippen LogP contribution >= 0.6 is 0 Å². The van der Waals surface area contributed by atoms with E-state index in [1.54, 1.807) is 23.0 Å². The fraction of sp³-hybridized carbons (Fsp3) is 0.240. The van der Waals surface area contributed by atoms with Gasteiger partial charge in [0.1, 0.15) is 11.6 Å². The first-order chi connectivity index (χ1) is 15.9. The summed E-state index contributed by atoms with van der Waals surface area (Å²) in [6, 6.07) is 11.5. The number of hydrogen-bond donors (Lipinski definition) is 2. The number of hydrogen-bond acceptors (Lipinski definition) is 5. The molecule has 0 fully saturated rings. The largest absolute Gasteiger partial charge is 0.384 e. The molecule has 0 saturated carbocycles. The number of aromatic nitrogens is 5. The smallest absolute Gasteiger partial charge is 0.160 e. The van der Waals surface area contributed by atoms with E-state index in [0.717, 1.165) is 24.7 Å². The second-order valence-electron chi connectivity index (χ2n) is 8.29. The van der Waals surface area contributed by atoms with E-state index < -0.39 is 5.82 Å². The van der Waals surface area contributed by atoms with Crippen LogP contribution in [0.15, 0.2) is 61.2 Å². The van der Waals surface area contributed by atoms with Crippen molar-refractivity contribution in [2.45, 2.75) is 19.8 Å². The number of para-hydroxylation sites is 1. The van der Waals surface area contributed by atoms with Crippen molar-refractivity contribution in [2.75, 3.05) is 26.4 Å². The number of nitrogens with zero attached hydrogens (tertiary/aromatic N) is 5. The molecule has 7 nitrogen and oxygen atoms in total. The zero-order valence-corrected chi connectivity index (χ0v) is 19.1. The van der Waals surface area contributed by atoms with Gasteiger partial charge in [-0.15, -0.1) is 0 Å². The Morgan fingerprint density at radius 2 is 1.94 bits per heavy atom. The van der Waals surface area contributed by atoms with Crippen LogP contribution in [-0.2, 0) is 6.42 Å². The van der Waals surface area contributed by atoms with Crippen LogP contribution in [0.1, 0.15) is 17.5 Å². The second-order valence-corrected chi connectivity index (χ2v) is 8.29. The molecular weight excluding hydrogens is 417 g/mol. The molecule has 5 aromatic rings. The van der Waals surface area contributed by atoms with Gasteiger partial charge in [-0.05, 0) is 58.1 Å². The van der Waals surface area contributed by atoms with E-state index in [1.165, 1.54) is 29.0 Å². The predicted octanol–water partition coefficient (Wildman–Crippen LogP) is 4.48. The third-order valence-corrected chi connectivity index (χ3v) is 5.40. The second kappa shape index (κ2) is 9.79. The van der Waals surface area contributed by atoms with Crippen molar-refractivity contribution < 1.29 is 4.39 Å². The monoisotopic (exact) mass is 445 g/mol. The molecule has 170 valence electrons. The summed E-state index contributed by atoms with van der Waals surface area (Å²) in [4.78, 5) is 13.8. The van der Waals surface area contributed by atoms with E-state index >= 15 is 0 Å². The van der Waals surface area contributed by atoms with E-state index in [9.17, 15) is 4.39 Å². The van der Waals surface area contributed by atoms with Crippen molar-refractivity contribution >= 4 is 22.4 Å². The number of rotatable bonds is 5. The number of nitrogens with two attached hydrogens (primary N) is 1. The summed E-state index contributed by atoms with van der Waals surface area (Å²) in [5.41, 5.74) is 11.3. The Balaban J connectivity index is 0.000000160. The maximum atomic E-state index is 13.1. The predicted molar refractivity (Wildman–Crippen MR) is 130 cm³/mol. The van der Waals surface area contributed by atoms with E-state index in [-0.39, 0.29) is 0 Å². The minimum Gasteiger partial charge on any atom is -0.384 e. The molecule has 0 saturated heterocycles. The number of halogens is 1. The zero-order chi connectivity index (χ0) is 23.4. The highest BCUT2D eigenvalue weighted by atomic mass is 19.1. The highest BCUT2D eigenvalue weighted by Crippen LogP contribution is 2.22. The lowest BCUT2D eigenvalue weighted by atomic mass is 10.1. The molecule has 4 heterocycles. The Morgan fingerprint density at radius 3 is 2.73 bits per heavy atom. The first kappa shape index (κ1) is 22.4. The average Bonchev–Trinajstić information content (AvgIpc) is 3.38. The summed E-state index contributed by atoms with van der Waals surface area (Å²) >= 11 is 0. The van der Waals surface area contributed by atoms with Crippen molar-refractivity contribution in [3.8, 4) is 11.3 Å². The zero-order valence-electron chi connectivity index (χ0n) is 19.1. The molecule has 3 N–H and O–H groups in total. The van der Waals surface area contributed by atoms with Gasteiger partial charge in [-0.2, -0.15) is 9.61 Å². The van der Waals surface area contributed by atoms with E-state index in [2.05, 4.69) is 69.5 Å². The Kier molecular flexibility index (Phi) is 6.65. The summed E-state index contributed by atoms with van der Waals surface area (Å²) in [6.45, 7) is 3.04. The summed E-state index contributed by atoms with van der Waals surface area (Å²) in [5.74, 6) is 0.0466. The fourth-order valence-corrected chi connectivity index (χ4v) is 3.72. The molecule has 0 unspecified atom stereocenters. The maximum absolute atomic E-state index is 13.1. The van der Waals surface area contributed by atoms with Gasteiger partial charge in [-0.25, -0.2) is 9.37 Å². The van der Waals surface area contributed by atoms with Gasteiger partial charge in [0, 0.05) is 40.5 Å². The van der Waals surface area contributed by atoms with Gasteiger partial charge in [-0.3, -0.25) is 4.98 Å². The van der Waals surface area contributed by atoms with Crippen LogP contribution in [0.4, 0.5) is 10.2 Å². The molecule has 0 aliphatic rings. The van der Waals surface area contributed by atoms with E-state index in [0.29, 0.717) is 22.7 Å². The van der Waals surface area contributed by atoms with Crippen molar-refractivity contribution in [2.24, 2.45) is 0 Å². The molecule has 0 radical (unpaired) electrons. The lowest BCUT2D eigenvalue weighted by Gasteiger charge is -2.08. The average molecular weight is 446 g/mol. The van der Waals surface area contributed by atoms with Gasteiger partial charge in [-0.1, -0.05) is 18.2 Å². The van der Waals surface area contributed by atoms with Gasteiger partial charge in [0.05, 0.1) is 18.1 Å². The number of aryl methyl sites for hydroxylation is 2. The van der Waals surface area contributed by atoms with Gasteiger partial charge in [0.15, 0.2) is 5.65 Å². The van der Waals surface area contributed by atoms with Crippen LogP contribution in [0, 0.1) is 12.7 Å². The van der Waals surface area contributed by atoms with Crippen LogP contribution in [0.3, 0.4) is 0 Å². The number of anilines is 1. The number of nitrogen functional groups attached to an aromatic ring is 1. The number of fused-ring (bicyclic) bond motifs is 2. The molecule has 5 rings (SSSR count). The number of H-pyrrole nitrogens is 1. The standard InChI is InChI=1S/C13H18N2.C12H10FN5/c1-15(2)9-5-6-11-10-14-13-8-4-3-7-12(11)13;1-7-4-16-18-11(14)3-10(17-12(7)18)8-2-9(13)6-15-5-8/h3-4,7-8,10,14H,5-6,9H2,1-2H3;2-6H,14H2,1H3. The minimum atomic E-state index is -0.405. The number of nitrogens with one attached hydrogen (secondary N) is 1. The van der Waals surface area contributed by atoms with Crippen LogP contribution in [-0.4, -0.2) is 50.1 Å². The van der Waals surface area contributed by atoms with Gasteiger partial charge in [0.25, 0.3) is 0 Å². The molecule has 0 spiro atoms. The van der Waals surface area contributed by atoms with Crippen LogP contribution < -0.4 is 5.73 Å². The van der Waals surface area contributed by atoms with Gasteiger partial charge < -0.3 is 15.6 Å². The first-order valence-corrected chi connectivity index (χ1v) is 10.8. The summed E-state index contributed by atoms with van der Waals surface area (Å²) in [7, 11) is 4.24. The van der Waals surface area contributed by atoms with Crippen LogP contribution in [0.2, 0.25) is 0 Å². The van der Waals surface area contributed by atoms with E-state index in [1.807, 2.05) is 6.92 Å². The third kappa shape index (κ3) is 5.18. The molecule has 0 aliphatic heterocycles. The Morgan fingerprint density at radius 1 is 1.12 bits per heavy atom. The van der Waals surface area contributed by atoms with Crippen LogP contribution in [0.25, 0.3) is 27.8 Å². The summed E-state index contributed by atoms with van der Waals surface area (Å²) in [5, 5.41) is 5.48. The van der Waals surface area contributed by atoms with Crippen LogP contribution in [0.5, 0.6) is 0 Å².